The summed E-state index contributed by atoms with van der Waals surface area (Å²) in [6, 6.07) is 5.29. The molecule has 0 saturated heterocycles. The van der Waals surface area contributed by atoms with E-state index in [1.165, 1.54) is 0 Å². The number of pyridine rings is 1. The van der Waals surface area contributed by atoms with Crippen molar-refractivity contribution in [1.82, 2.24) is 25.4 Å². The standard InChI is InChI=1S/C16H23N5O2/c1-12(2)14(22)5-8-18-16(23)19-11-13-4-7-17-15(10-13)21-9-3-6-20-21/h3-4,6-7,9-10,12,14,22H,5,8,11H2,1-2H3,(H2,18,19,23). The Hall–Kier alpha value is -2.41. The highest BCUT2D eigenvalue weighted by molar-refractivity contribution is 5.73. The first-order valence-electron chi connectivity index (χ1n) is 7.71. The number of hydrogen-bond donors (Lipinski definition) is 3. The van der Waals surface area contributed by atoms with Crippen LogP contribution in [0.1, 0.15) is 25.8 Å². The second-order valence-corrected chi connectivity index (χ2v) is 5.68. The van der Waals surface area contributed by atoms with Crippen LogP contribution in [0.4, 0.5) is 4.79 Å². The summed E-state index contributed by atoms with van der Waals surface area (Å²) in [6.07, 6.45) is 5.33. The predicted molar refractivity (Wildman–Crippen MR) is 87.1 cm³/mol. The Morgan fingerprint density at radius 2 is 2.17 bits per heavy atom. The molecule has 2 amide bonds. The molecule has 2 rings (SSSR count). The van der Waals surface area contributed by atoms with Crippen molar-refractivity contribution in [2.45, 2.75) is 32.9 Å². The summed E-state index contributed by atoms with van der Waals surface area (Å²) in [5.41, 5.74) is 0.933. The third-order valence-corrected chi connectivity index (χ3v) is 3.50. The van der Waals surface area contributed by atoms with E-state index in [0.29, 0.717) is 25.3 Å². The van der Waals surface area contributed by atoms with E-state index in [0.717, 1.165) is 5.56 Å². The lowest BCUT2D eigenvalue weighted by molar-refractivity contribution is 0.116. The zero-order valence-electron chi connectivity index (χ0n) is 13.4. The summed E-state index contributed by atoms with van der Waals surface area (Å²) in [7, 11) is 0. The molecule has 124 valence electrons. The van der Waals surface area contributed by atoms with Gasteiger partial charge in [-0.2, -0.15) is 5.10 Å². The van der Waals surface area contributed by atoms with Gasteiger partial charge in [0.1, 0.15) is 0 Å². The maximum Gasteiger partial charge on any atom is 0.315 e. The minimum atomic E-state index is -0.396. The maximum atomic E-state index is 11.7. The molecule has 23 heavy (non-hydrogen) atoms. The van der Waals surface area contributed by atoms with Crippen molar-refractivity contribution >= 4 is 6.03 Å². The fourth-order valence-electron chi connectivity index (χ4n) is 2.01. The van der Waals surface area contributed by atoms with E-state index in [9.17, 15) is 9.90 Å². The van der Waals surface area contributed by atoms with E-state index in [1.54, 1.807) is 17.1 Å². The summed E-state index contributed by atoms with van der Waals surface area (Å²) in [5.74, 6) is 0.896. The van der Waals surface area contributed by atoms with Crippen LogP contribution in [0.15, 0.2) is 36.8 Å². The van der Waals surface area contributed by atoms with E-state index in [-0.39, 0.29) is 11.9 Å². The van der Waals surface area contributed by atoms with Crippen molar-refractivity contribution in [3.8, 4) is 5.82 Å². The third kappa shape index (κ3) is 5.37. The van der Waals surface area contributed by atoms with Gasteiger partial charge in [0.2, 0.25) is 0 Å². The summed E-state index contributed by atoms with van der Waals surface area (Å²) in [5, 5.41) is 19.3. The smallest absolute Gasteiger partial charge is 0.315 e. The Balaban J connectivity index is 1.77. The molecule has 7 heteroatoms. The molecule has 1 unspecified atom stereocenters. The number of nitrogens with one attached hydrogen (secondary N) is 2. The highest BCUT2D eigenvalue weighted by atomic mass is 16.3. The van der Waals surface area contributed by atoms with Gasteiger partial charge in [0, 0.05) is 31.7 Å². The Bertz CT molecular complexity index is 613. The molecule has 2 heterocycles. The fraction of sp³-hybridized carbons (Fsp3) is 0.438. The van der Waals surface area contributed by atoms with E-state index in [1.807, 2.05) is 38.2 Å². The summed E-state index contributed by atoms with van der Waals surface area (Å²) in [4.78, 5) is 16.0. The molecule has 0 spiro atoms. The lowest BCUT2D eigenvalue weighted by Crippen LogP contribution is -2.37. The number of hydrogen-bond acceptors (Lipinski definition) is 4. The largest absolute Gasteiger partial charge is 0.393 e. The van der Waals surface area contributed by atoms with Gasteiger partial charge in [0.15, 0.2) is 5.82 Å². The SMILES string of the molecule is CC(C)C(O)CCNC(=O)NCc1ccnc(-n2cccn2)c1. The van der Waals surface area contributed by atoms with Gasteiger partial charge >= 0.3 is 6.03 Å². The first-order chi connectivity index (χ1) is 11.1. The normalized spacial score (nSPS) is 12.2. The number of amides is 2. The van der Waals surface area contributed by atoms with Gasteiger partial charge in [0.25, 0.3) is 0 Å². The number of aliphatic hydroxyl groups excluding tert-OH is 1. The van der Waals surface area contributed by atoms with Crippen LogP contribution in [-0.2, 0) is 6.54 Å². The monoisotopic (exact) mass is 317 g/mol. The number of rotatable bonds is 7. The van der Waals surface area contributed by atoms with Gasteiger partial charge in [-0.25, -0.2) is 14.5 Å². The zero-order valence-corrected chi connectivity index (χ0v) is 13.4. The minimum absolute atomic E-state index is 0.192. The van der Waals surface area contributed by atoms with E-state index < -0.39 is 6.10 Å². The molecule has 2 aromatic rings. The van der Waals surface area contributed by atoms with Crippen molar-refractivity contribution in [2.24, 2.45) is 5.92 Å². The molecule has 0 bridgehead atoms. The Labute approximate surface area is 135 Å². The van der Waals surface area contributed by atoms with Crippen LogP contribution in [0.2, 0.25) is 0 Å². The van der Waals surface area contributed by atoms with Crippen molar-refractivity contribution in [3.05, 3.63) is 42.4 Å². The predicted octanol–water partition coefficient (Wildman–Crippen LogP) is 1.47. The van der Waals surface area contributed by atoms with E-state index in [4.69, 9.17) is 0 Å². The summed E-state index contributed by atoms with van der Waals surface area (Å²) < 4.78 is 1.66. The number of urea groups is 1. The lowest BCUT2D eigenvalue weighted by atomic mass is 10.0. The number of aliphatic hydroxyl groups is 1. The van der Waals surface area contributed by atoms with E-state index in [2.05, 4.69) is 20.7 Å². The molecular weight excluding hydrogens is 294 g/mol. The van der Waals surface area contributed by atoms with Gasteiger partial charge in [-0.05, 0) is 36.1 Å². The fourth-order valence-corrected chi connectivity index (χ4v) is 2.01. The van der Waals surface area contributed by atoms with E-state index >= 15 is 0 Å². The zero-order chi connectivity index (χ0) is 16.7. The molecule has 0 aromatic carbocycles. The average molecular weight is 317 g/mol. The molecule has 0 radical (unpaired) electrons. The van der Waals surface area contributed by atoms with Crippen molar-refractivity contribution in [3.63, 3.8) is 0 Å². The molecular formula is C16H23N5O2. The van der Waals surface area contributed by atoms with Crippen LogP contribution in [-0.4, -0.2) is 38.6 Å². The van der Waals surface area contributed by atoms with Crippen molar-refractivity contribution < 1.29 is 9.90 Å². The second kappa shape index (κ2) is 8.28. The summed E-state index contributed by atoms with van der Waals surface area (Å²) in [6.45, 7) is 4.74. The molecule has 0 aliphatic heterocycles. The van der Waals surface area contributed by atoms with Crippen LogP contribution in [0, 0.1) is 5.92 Å². The quantitative estimate of drug-likeness (QED) is 0.721. The van der Waals surface area contributed by atoms with Crippen LogP contribution >= 0.6 is 0 Å². The third-order valence-electron chi connectivity index (χ3n) is 3.50. The molecule has 0 aliphatic rings. The van der Waals surface area contributed by atoms with Crippen LogP contribution in [0.3, 0.4) is 0 Å². The highest BCUT2D eigenvalue weighted by Gasteiger charge is 2.09. The lowest BCUT2D eigenvalue weighted by Gasteiger charge is -2.14. The molecule has 1 atom stereocenters. The van der Waals surface area contributed by atoms with Crippen LogP contribution in [0.5, 0.6) is 0 Å². The van der Waals surface area contributed by atoms with Gasteiger partial charge in [-0.15, -0.1) is 0 Å². The molecule has 2 aromatic heterocycles. The second-order valence-electron chi connectivity index (χ2n) is 5.68. The molecule has 0 fully saturated rings. The number of aromatic nitrogens is 3. The molecule has 0 aliphatic carbocycles. The average Bonchev–Trinajstić information content (AvgIpc) is 3.07. The Morgan fingerprint density at radius 1 is 1.35 bits per heavy atom. The maximum absolute atomic E-state index is 11.7. The number of nitrogens with zero attached hydrogens (tertiary/aromatic N) is 3. The van der Waals surface area contributed by atoms with Gasteiger partial charge < -0.3 is 15.7 Å². The number of carbonyl (C=O) groups is 1. The highest BCUT2D eigenvalue weighted by Crippen LogP contribution is 2.06. The first-order valence-corrected chi connectivity index (χ1v) is 7.71. The molecule has 3 N–H and O–H groups in total. The molecule has 7 nitrogen and oxygen atoms in total. The minimum Gasteiger partial charge on any atom is -0.393 e. The van der Waals surface area contributed by atoms with Gasteiger partial charge in [-0.1, -0.05) is 13.8 Å². The van der Waals surface area contributed by atoms with Crippen LogP contribution < -0.4 is 10.6 Å². The number of carbonyl (C=O) groups excluding carboxylic acids is 1. The Kier molecular flexibility index (Phi) is 6.10. The molecule has 0 saturated carbocycles. The first kappa shape index (κ1) is 17.0. The van der Waals surface area contributed by atoms with Gasteiger partial charge in [-0.3, -0.25) is 0 Å². The summed E-state index contributed by atoms with van der Waals surface area (Å²) >= 11 is 0. The Morgan fingerprint density at radius 3 is 2.87 bits per heavy atom. The van der Waals surface area contributed by atoms with Gasteiger partial charge in [0.05, 0.1) is 6.10 Å². The van der Waals surface area contributed by atoms with Crippen molar-refractivity contribution in [2.75, 3.05) is 6.54 Å². The topological polar surface area (TPSA) is 92.1 Å². The van der Waals surface area contributed by atoms with Crippen molar-refractivity contribution in [1.29, 1.82) is 0 Å². The van der Waals surface area contributed by atoms with Crippen LogP contribution in [0.25, 0.3) is 5.82 Å².